The van der Waals surface area contributed by atoms with Crippen LogP contribution < -0.4 is 5.73 Å². The summed E-state index contributed by atoms with van der Waals surface area (Å²) in [5, 5.41) is 0. The molecule has 0 saturated carbocycles. The molecule has 0 aliphatic rings. The maximum absolute atomic E-state index is 6.30. The maximum atomic E-state index is 6.30. The fraction of sp³-hybridized carbons (Fsp3) is 0.250. The van der Waals surface area contributed by atoms with Crippen LogP contribution in [0.4, 0.5) is 0 Å². The van der Waals surface area contributed by atoms with E-state index in [1.165, 1.54) is 25.8 Å². The highest BCUT2D eigenvalue weighted by atomic mass is 127. The van der Waals surface area contributed by atoms with Crippen LogP contribution in [0.5, 0.6) is 0 Å². The minimum Gasteiger partial charge on any atom is -0.324 e. The van der Waals surface area contributed by atoms with Crippen molar-refractivity contribution in [1.29, 1.82) is 0 Å². The Morgan fingerprint density at radius 1 is 1.00 bits per heavy atom. The fourth-order valence-electron chi connectivity index (χ4n) is 2.22. The lowest BCUT2D eigenvalue weighted by atomic mass is 9.97. The molecule has 2 aromatic carbocycles. The van der Waals surface area contributed by atoms with E-state index in [1.807, 2.05) is 0 Å². The molecule has 0 aliphatic carbocycles. The van der Waals surface area contributed by atoms with Gasteiger partial charge in [-0.05, 0) is 66.1 Å². The Bertz CT molecular complexity index is 511. The highest BCUT2D eigenvalue weighted by Crippen LogP contribution is 2.19. The van der Waals surface area contributed by atoms with Crippen LogP contribution in [0.1, 0.15) is 28.3 Å². The molecule has 2 N–H and O–H groups in total. The highest BCUT2D eigenvalue weighted by Gasteiger charge is 2.08. The van der Waals surface area contributed by atoms with E-state index in [1.54, 1.807) is 0 Å². The van der Waals surface area contributed by atoms with E-state index in [-0.39, 0.29) is 6.04 Å². The van der Waals surface area contributed by atoms with Gasteiger partial charge in [0.25, 0.3) is 0 Å². The van der Waals surface area contributed by atoms with Gasteiger partial charge in [0, 0.05) is 9.61 Å². The van der Waals surface area contributed by atoms with E-state index in [0.29, 0.717) is 0 Å². The van der Waals surface area contributed by atoms with Gasteiger partial charge in [0.1, 0.15) is 0 Å². The Kier molecular flexibility index (Phi) is 4.40. The van der Waals surface area contributed by atoms with Gasteiger partial charge >= 0.3 is 0 Å². The lowest BCUT2D eigenvalue weighted by Gasteiger charge is -2.14. The minimum absolute atomic E-state index is 0.0728. The summed E-state index contributed by atoms with van der Waals surface area (Å²) in [6.45, 7) is 4.24. The van der Waals surface area contributed by atoms with E-state index in [9.17, 15) is 0 Å². The average molecular weight is 351 g/mol. The first-order chi connectivity index (χ1) is 8.54. The zero-order chi connectivity index (χ0) is 13.1. The Morgan fingerprint density at radius 2 is 1.56 bits per heavy atom. The smallest absolute Gasteiger partial charge is 0.0335 e. The normalized spacial score (nSPS) is 12.4. The van der Waals surface area contributed by atoms with Crippen LogP contribution in [0.25, 0.3) is 0 Å². The zero-order valence-electron chi connectivity index (χ0n) is 10.8. The van der Waals surface area contributed by atoms with E-state index >= 15 is 0 Å². The lowest BCUT2D eigenvalue weighted by Crippen LogP contribution is -2.13. The van der Waals surface area contributed by atoms with Gasteiger partial charge in [-0.15, -0.1) is 0 Å². The first kappa shape index (κ1) is 13.6. The third-order valence-corrected chi connectivity index (χ3v) is 3.76. The van der Waals surface area contributed by atoms with Crippen LogP contribution in [0.2, 0.25) is 0 Å². The number of hydrogen-bond acceptors (Lipinski definition) is 1. The van der Waals surface area contributed by atoms with Crippen molar-refractivity contribution in [1.82, 2.24) is 0 Å². The molecule has 2 aromatic rings. The highest BCUT2D eigenvalue weighted by molar-refractivity contribution is 14.1. The predicted octanol–water partition coefficient (Wildman–Crippen LogP) is 4.15. The molecule has 0 aromatic heterocycles. The van der Waals surface area contributed by atoms with Crippen molar-refractivity contribution in [3.8, 4) is 0 Å². The number of nitrogens with two attached hydrogens (primary N) is 1. The van der Waals surface area contributed by atoms with Gasteiger partial charge in [-0.3, -0.25) is 0 Å². The zero-order valence-corrected chi connectivity index (χ0v) is 12.9. The molecule has 2 heteroatoms. The van der Waals surface area contributed by atoms with Gasteiger partial charge in [0.2, 0.25) is 0 Å². The van der Waals surface area contributed by atoms with Crippen molar-refractivity contribution in [2.45, 2.75) is 26.3 Å². The van der Waals surface area contributed by atoms with Gasteiger partial charge in [-0.2, -0.15) is 0 Å². The molecule has 0 heterocycles. The monoisotopic (exact) mass is 351 g/mol. The third-order valence-electron chi connectivity index (χ3n) is 3.04. The average Bonchev–Trinajstić information content (AvgIpc) is 2.31. The van der Waals surface area contributed by atoms with E-state index in [2.05, 4.69) is 78.9 Å². The van der Waals surface area contributed by atoms with E-state index in [0.717, 1.165) is 6.42 Å². The van der Waals surface area contributed by atoms with Crippen LogP contribution >= 0.6 is 22.6 Å². The summed E-state index contributed by atoms with van der Waals surface area (Å²) in [5.41, 5.74) is 11.4. The molecule has 1 atom stereocenters. The van der Waals surface area contributed by atoms with Gasteiger partial charge in [0.15, 0.2) is 0 Å². The Balaban J connectivity index is 2.16. The Labute approximate surface area is 123 Å². The molecular formula is C16H18IN. The number of benzene rings is 2. The topological polar surface area (TPSA) is 26.0 Å². The molecule has 0 bridgehead atoms. The summed E-state index contributed by atoms with van der Waals surface area (Å²) in [6, 6.07) is 15.2. The fourth-order valence-corrected chi connectivity index (χ4v) is 2.58. The molecule has 94 valence electrons. The molecule has 0 spiro atoms. The SMILES string of the molecule is Cc1cc(C)cc(C(N)Cc2ccc(I)cc2)c1. The number of hydrogen-bond donors (Lipinski definition) is 1. The van der Waals surface area contributed by atoms with Crippen LogP contribution in [0.15, 0.2) is 42.5 Å². The molecule has 1 unspecified atom stereocenters. The Morgan fingerprint density at radius 3 is 2.11 bits per heavy atom. The van der Waals surface area contributed by atoms with E-state index in [4.69, 9.17) is 5.73 Å². The summed E-state index contributed by atoms with van der Waals surface area (Å²) in [7, 11) is 0. The van der Waals surface area contributed by atoms with Crippen molar-refractivity contribution in [3.63, 3.8) is 0 Å². The molecule has 0 fully saturated rings. The molecule has 2 rings (SSSR count). The second kappa shape index (κ2) is 5.85. The summed E-state index contributed by atoms with van der Waals surface area (Å²) in [6.07, 6.45) is 0.889. The molecule has 1 nitrogen and oxygen atoms in total. The molecular weight excluding hydrogens is 333 g/mol. The minimum atomic E-state index is 0.0728. The van der Waals surface area contributed by atoms with Crippen molar-refractivity contribution in [2.24, 2.45) is 5.73 Å². The first-order valence-corrected chi connectivity index (χ1v) is 7.20. The van der Waals surface area contributed by atoms with Crippen molar-refractivity contribution >= 4 is 22.6 Å². The van der Waals surface area contributed by atoms with Gasteiger partial charge in [0.05, 0.1) is 0 Å². The van der Waals surface area contributed by atoms with Crippen LogP contribution in [0.3, 0.4) is 0 Å². The standard InChI is InChI=1S/C16H18IN/c1-11-7-12(2)9-14(8-11)16(18)10-13-3-5-15(17)6-4-13/h3-9,16H,10,18H2,1-2H3. The van der Waals surface area contributed by atoms with Crippen molar-refractivity contribution < 1.29 is 0 Å². The summed E-state index contributed by atoms with van der Waals surface area (Å²) in [4.78, 5) is 0. The quantitative estimate of drug-likeness (QED) is 0.826. The van der Waals surface area contributed by atoms with Gasteiger partial charge in [-0.25, -0.2) is 0 Å². The van der Waals surface area contributed by atoms with Crippen molar-refractivity contribution in [3.05, 3.63) is 68.3 Å². The second-order valence-electron chi connectivity index (χ2n) is 4.86. The molecule has 0 saturated heterocycles. The maximum Gasteiger partial charge on any atom is 0.0335 e. The van der Waals surface area contributed by atoms with E-state index < -0.39 is 0 Å². The first-order valence-electron chi connectivity index (χ1n) is 6.13. The number of halogens is 1. The summed E-state index contributed by atoms with van der Waals surface area (Å²) < 4.78 is 1.26. The number of aryl methyl sites for hydroxylation is 2. The summed E-state index contributed by atoms with van der Waals surface area (Å²) >= 11 is 2.32. The largest absolute Gasteiger partial charge is 0.324 e. The van der Waals surface area contributed by atoms with Gasteiger partial charge in [-0.1, -0.05) is 41.5 Å². The Hall–Kier alpha value is -0.870. The van der Waals surface area contributed by atoms with Crippen LogP contribution in [0, 0.1) is 17.4 Å². The lowest BCUT2D eigenvalue weighted by molar-refractivity contribution is 0.720. The molecule has 0 amide bonds. The molecule has 18 heavy (non-hydrogen) atoms. The molecule has 0 radical (unpaired) electrons. The second-order valence-corrected chi connectivity index (χ2v) is 6.10. The third kappa shape index (κ3) is 3.56. The summed E-state index contributed by atoms with van der Waals surface area (Å²) in [5.74, 6) is 0. The number of rotatable bonds is 3. The van der Waals surface area contributed by atoms with Gasteiger partial charge < -0.3 is 5.73 Å². The van der Waals surface area contributed by atoms with Crippen LogP contribution in [-0.2, 0) is 6.42 Å². The van der Waals surface area contributed by atoms with Crippen LogP contribution in [-0.4, -0.2) is 0 Å². The van der Waals surface area contributed by atoms with Crippen molar-refractivity contribution in [2.75, 3.05) is 0 Å². The molecule has 0 aliphatic heterocycles. The predicted molar refractivity (Wildman–Crippen MR) is 85.7 cm³/mol.